The van der Waals surface area contributed by atoms with Gasteiger partial charge in [-0.15, -0.1) is 11.3 Å². The van der Waals surface area contributed by atoms with Crippen LogP contribution >= 0.6 is 11.3 Å². The van der Waals surface area contributed by atoms with Crippen molar-refractivity contribution in [3.05, 3.63) is 59.6 Å². The molecule has 0 bridgehead atoms. The van der Waals surface area contributed by atoms with Gasteiger partial charge in [0.25, 0.3) is 0 Å². The molecule has 1 atom stereocenters. The Labute approximate surface area is 199 Å². The number of hydrogen-bond acceptors (Lipinski definition) is 6. The summed E-state index contributed by atoms with van der Waals surface area (Å²) >= 11 is 1.57. The van der Waals surface area contributed by atoms with Crippen LogP contribution in [0.5, 0.6) is 11.5 Å². The third kappa shape index (κ3) is 3.58. The van der Waals surface area contributed by atoms with Crippen molar-refractivity contribution in [1.29, 1.82) is 0 Å². The number of aryl methyl sites for hydroxylation is 1. The van der Waals surface area contributed by atoms with Crippen molar-refractivity contribution >= 4 is 40.3 Å². The van der Waals surface area contributed by atoms with E-state index in [0.29, 0.717) is 42.8 Å². The zero-order valence-corrected chi connectivity index (χ0v) is 19.3. The number of hydrogen-bond donors (Lipinski definition) is 1. The van der Waals surface area contributed by atoms with Crippen LogP contribution in [-0.4, -0.2) is 41.0 Å². The largest absolute Gasteiger partial charge is 0.486 e. The van der Waals surface area contributed by atoms with Crippen LogP contribution in [0.3, 0.4) is 0 Å². The van der Waals surface area contributed by atoms with Crippen LogP contribution < -0.4 is 19.7 Å². The molecule has 0 saturated carbocycles. The van der Waals surface area contributed by atoms with Crippen molar-refractivity contribution in [3.63, 3.8) is 0 Å². The summed E-state index contributed by atoms with van der Waals surface area (Å²) in [6.45, 7) is 3.29. The van der Waals surface area contributed by atoms with Crippen LogP contribution in [0.2, 0.25) is 0 Å². The van der Waals surface area contributed by atoms with Crippen molar-refractivity contribution < 1.29 is 19.1 Å². The normalized spacial score (nSPS) is 17.4. The summed E-state index contributed by atoms with van der Waals surface area (Å²) in [7, 11) is 0. The molecule has 9 heteroatoms. The zero-order chi connectivity index (χ0) is 23.2. The van der Waals surface area contributed by atoms with E-state index in [1.54, 1.807) is 28.4 Å². The molecule has 1 unspecified atom stereocenters. The minimum absolute atomic E-state index is 0.0934. The molecule has 0 aliphatic carbocycles. The number of thiophene rings is 1. The molecule has 1 saturated heterocycles. The SMILES string of the molecule is Cc1ccn2c(NC(=O)C3CC(=O)N(c4ccc5c(c4)OCCO5)C3)c(-c3cccs3)nc2c1. The van der Waals surface area contributed by atoms with E-state index < -0.39 is 5.92 Å². The van der Waals surface area contributed by atoms with Gasteiger partial charge in [0, 0.05) is 30.9 Å². The van der Waals surface area contributed by atoms with Gasteiger partial charge in [-0.1, -0.05) is 6.07 Å². The Bertz CT molecular complexity index is 1410. The van der Waals surface area contributed by atoms with E-state index in [9.17, 15) is 9.59 Å². The second-order valence-electron chi connectivity index (χ2n) is 8.44. The van der Waals surface area contributed by atoms with Crippen LogP contribution in [0, 0.1) is 12.8 Å². The Kier molecular flexibility index (Phi) is 4.99. The molecule has 6 rings (SSSR count). The smallest absolute Gasteiger partial charge is 0.230 e. The highest BCUT2D eigenvalue weighted by molar-refractivity contribution is 7.13. The van der Waals surface area contributed by atoms with Gasteiger partial charge < -0.3 is 19.7 Å². The van der Waals surface area contributed by atoms with Crippen LogP contribution in [0.4, 0.5) is 11.5 Å². The molecule has 3 aromatic heterocycles. The number of imidazole rings is 1. The van der Waals surface area contributed by atoms with Crippen molar-refractivity contribution in [2.24, 2.45) is 5.92 Å². The van der Waals surface area contributed by atoms with E-state index in [0.717, 1.165) is 21.8 Å². The maximum absolute atomic E-state index is 13.3. The minimum Gasteiger partial charge on any atom is -0.486 e. The number of rotatable bonds is 4. The molecule has 172 valence electrons. The lowest BCUT2D eigenvalue weighted by Crippen LogP contribution is -2.28. The van der Waals surface area contributed by atoms with E-state index in [4.69, 9.17) is 14.5 Å². The van der Waals surface area contributed by atoms with Crippen LogP contribution in [0.25, 0.3) is 16.2 Å². The van der Waals surface area contributed by atoms with E-state index >= 15 is 0 Å². The number of carbonyl (C=O) groups is 2. The number of benzene rings is 1. The summed E-state index contributed by atoms with van der Waals surface area (Å²) in [5, 5.41) is 5.05. The van der Waals surface area contributed by atoms with E-state index in [1.807, 2.05) is 53.2 Å². The highest BCUT2D eigenvalue weighted by atomic mass is 32.1. The standard InChI is InChI=1S/C25H22N4O4S/c1-15-6-7-28-21(11-15)26-23(20-3-2-10-34-20)24(28)27-25(31)16-12-22(30)29(14-16)17-4-5-18-19(13-17)33-9-8-32-18/h2-7,10-11,13,16H,8-9,12,14H2,1H3,(H,27,31). The van der Waals surface area contributed by atoms with Crippen molar-refractivity contribution in [1.82, 2.24) is 9.38 Å². The first-order chi connectivity index (χ1) is 16.6. The summed E-state index contributed by atoms with van der Waals surface area (Å²) in [6, 6.07) is 13.3. The predicted molar refractivity (Wildman–Crippen MR) is 130 cm³/mol. The lowest BCUT2D eigenvalue weighted by atomic mass is 10.1. The Balaban J connectivity index is 1.27. The lowest BCUT2D eigenvalue weighted by Gasteiger charge is -2.22. The number of fused-ring (bicyclic) bond motifs is 2. The van der Waals surface area contributed by atoms with Gasteiger partial charge in [0.05, 0.1) is 10.8 Å². The van der Waals surface area contributed by atoms with Crippen molar-refractivity contribution in [2.45, 2.75) is 13.3 Å². The topological polar surface area (TPSA) is 85.2 Å². The number of nitrogens with zero attached hydrogens (tertiary/aromatic N) is 3. The molecular weight excluding hydrogens is 452 g/mol. The van der Waals surface area contributed by atoms with Gasteiger partial charge in [-0.05, 0) is 48.2 Å². The third-order valence-corrected chi connectivity index (χ3v) is 6.99. The van der Waals surface area contributed by atoms with Gasteiger partial charge in [0.1, 0.15) is 30.4 Å². The fourth-order valence-corrected chi connectivity index (χ4v) is 5.12. The lowest BCUT2D eigenvalue weighted by molar-refractivity contribution is -0.122. The van der Waals surface area contributed by atoms with Crippen molar-refractivity contribution in [2.75, 3.05) is 30.0 Å². The van der Waals surface area contributed by atoms with Gasteiger partial charge in [-0.2, -0.15) is 0 Å². The molecule has 0 spiro atoms. The van der Waals surface area contributed by atoms with Crippen LogP contribution in [-0.2, 0) is 9.59 Å². The fourth-order valence-electron chi connectivity index (χ4n) is 4.40. The number of nitrogens with one attached hydrogen (secondary N) is 1. The molecule has 2 amide bonds. The first-order valence-corrected chi connectivity index (χ1v) is 12.0. The number of anilines is 2. The number of aromatic nitrogens is 2. The van der Waals surface area contributed by atoms with Gasteiger partial charge >= 0.3 is 0 Å². The first kappa shape index (κ1) is 20.7. The van der Waals surface area contributed by atoms with Gasteiger partial charge in [-0.25, -0.2) is 4.98 Å². The number of ether oxygens (including phenoxy) is 2. The first-order valence-electron chi connectivity index (χ1n) is 11.1. The Morgan fingerprint density at radius 3 is 2.82 bits per heavy atom. The van der Waals surface area contributed by atoms with E-state index in [1.165, 1.54) is 0 Å². The van der Waals surface area contributed by atoms with Crippen LogP contribution in [0.1, 0.15) is 12.0 Å². The number of pyridine rings is 1. The summed E-state index contributed by atoms with van der Waals surface area (Å²) < 4.78 is 13.1. The predicted octanol–water partition coefficient (Wildman–Crippen LogP) is 4.13. The van der Waals surface area contributed by atoms with Gasteiger partial charge in [0.15, 0.2) is 11.5 Å². The fraction of sp³-hybridized carbons (Fsp3) is 0.240. The molecule has 4 aromatic rings. The molecule has 1 aromatic carbocycles. The Morgan fingerprint density at radius 2 is 2.00 bits per heavy atom. The van der Waals surface area contributed by atoms with Crippen molar-refractivity contribution in [3.8, 4) is 22.1 Å². The molecule has 8 nitrogen and oxygen atoms in total. The quantitative estimate of drug-likeness (QED) is 0.481. The Morgan fingerprint density at radius 1 is 1.15 bits per heavy atom. The molecule has 2 aliphatic rings. The average molecular weight is 475 g/mol. The number of amides is 2. The van der Waals surface area contributed by atoms with E-state index in [-0.39, 0.29) is 18.2 Å². The molecule has 1 fully saturated rings. The highest BCUT2D eigenvalue weighted by Gasteiger charge is 2.36. The Hall–Kier alpha value is -3.85. The summed E-state index contributed by atoms with van der Waals surface area (Å²) in [5.74, 6) is 1.13. The maximum atomic E-state index is 13.3. The van der Waals surface area contributed by atoms with Gasteiger partial charge in [0.2, 0.25) is 11.8 Å². The monoisotopic (exact) mass is 474 g/mol. The molecule has 1 N–H and O–H groups in total. The third-order valence-electron chi connectivity index (χ3n) is 6.11. The molecule has 34 heavy (non-hydrogen) atoms. The molecular formula is C25H22N4O4S. The summed E-state index contributed by atoms with van der Waals surface area (Å²) in [4.78, 5) is 33.5. The van der Waals surface area contributed by atoms with Crippen LogP contribution in [0.15, 0.2) is 54.0 Å². The van der Waals surface area contributed by atoms with E-state index in [2.05, 4.69) is 5.32 Å². The average Bonchev–Trinajstić information content (AvgIpc) is 3.58. The second kappa shape index (κ2) is 8.18. The summed E-state index contributed by atoms with van der Waals surface area (Å²) in [5.41, 5.74) is 3.28. The molecule has 5 heterocycles. The highest BCUT2D eigenvalue weighted by Crippen LogP contribution is 2.37. The maximum Gasteiger partial charge on any atom is 0.230 e. The second-order valence-corrected chi connectivity index (χ2v) is 9.39. The number of carbonyl (C=O) groups excluding carboxylic acids is 2. The zero-order valence-electron chi connectivity index (χ0n) is 18.5. The molecule has 0 radical (unpaired) electrons. The molecule has 2 aliphatic heterocycles. The minimum atomic E-state index is -0.479. The summed E-state index contributed by atoms with van der Waals surface area (Å²) in [6.07, 6.45) is 2.05. The van der Waals surface area contributed by atoms with Gasteiger partial charge in [-0.3, -0.25) is 14.0 Å².